The molecule has 1 amide bonds. The molecule has 146 valence electrons. The lowest BCUT2D eigenvalue weighted by atomic mass is 10.0. The molecule has 1 saturated heterocycles. The second-order valence-corrected chi connectivity index (χ2v) is 7.53. The first-order valence-electron chi connectivity index (χ1n) is 9.26. The molecule has 0 unspecified atom stereocenters. The molecule has 0 atom stereocenters. The Hall–Kier alpha value is -3.51. The van der Waals surface area contributed by atoms with Gasteiger partial charge >= 0.3 is 0 Å². The highest BCUT2D eigenvalue weighted by atomic mass is 32.1. The van der Waals surface area contributed by atoms with E-state index in [1.807, 2.05) is 30.3 Å². The van der Waals surface area contributed by atoms with Crippen LogP contribution >= 0.6 is 11.3 Å². The van der Waals surface area contributed by atoms with Gasteiger partial charge in [-0.3, -0.25) is 10.1 Å². The maximum Gasteiger partial charge on any atom is 0.259 e. The van der Waals surface area contributed by atoms with Crippen molar-refractivity contribution in [1.29, 1.82) is 5.26 Å². The molecule has 8 nitrogen and oxygen atoms in total. The maximum atomic E-state index is 12.2. The van der Waals surface area contributed by atoms with Gasteiger partial charge in [0.25, 0.3) is 5.91 Å². The number of carbonyl (C=O) groups excluding carboxylic acids is 1. The molecule has 1 fully saturated rings. The van der Waals surface area contributed by atoms with Crippen LogP contribution in [0.15, 0.2) is 48.1 Å². The van der Waals surface area contributed by atoms with Crippen molar-refractivity contribution in [2.45, 2.75) is 18.9 Å². The molecule has 2 N–H and O–H groups in total. The van der Waals surface area contributed by atoms with Gasteiger partial charge in [-0.15, -0.1) is 10.2 Å². The van der Waals surface area contributed by atoms with Crippen LogP contribution in [0.3, 0.4) is 0 Å². The summed E-state index contributed by atoms with van der Waals surface area (Å²) in [5, 5.41) is 23.0. The highest BCUT2D eigenvalue weighted by Crippen LogP contribution is 2.22. The lowest BCUT2D eigenvalue weighted by molar-refractivity contribution is 0.102. The van der Waals surface area contributed by atoms with E-state index < -0.39 is 0 Å². The van der Waals surface area contributed by atoms with Crippen molar-refractivity contribution in [2.75, 3.05) is 28.6 Å². The SMILES string of the molecule is N#Cc1ccc(N2CCC(Nc3ccc(C(=O)Nc4nncs4)cn3)CC2)cc1. The summed E-state index contributed by atoms with van der Waals surface area (Å²) in [5.74, 6) is 0.505. The zero-order chi connectivity index (χ0) is 20.1. The summed E-state index contributed by atoms with van der Waals surface area (Å²) < 4.78 is 0. The lowest BCUT2D eigenvalue weighted by Gasteiger charge is -2.34. The summed E-state index contributed by atoms with van der Waals surface area (Å²) in [4.78, 5) is 18.9. The van der Waals surface area contributed by atoms with E-state index in [1.165, 1.54) is 11.3 Å². The van der Waals surface area contributed by atoms with Crippen molar-refractivity contribution in [3.8, 4) is 6.07 Å². The van der Waals surface area contributed by atoms with Gasteiger partial charge in [-0.2, -0.15) is 5.26 Å². The summed E-state index contributed by atoms with van der Waals surface area (Å²) in [6, 6.07) is 13.8. The van der Waals surface area contributed by atoms with E-state index in [0.29, 0.717) is 22.3 Å². The smallest absolute Gasteiger partial charge is 0.259 e. The minimum absolute atomic E-state index is 0.253. The molecule has 0 aliphatic carbocycles. The Morgan fingerprint density at radius 3 is 2.59 bits per heavy atom. The molecule has 29 heavy (non-hydrogen) atoms. The van der Waals surface area contributed by atoms with Gasteiger partial charge in [-0.25, -0.2) is 4.98 Å². The Kier molecular flexibility index (Phi) is 5.63. The molecule has 1 aliphatic heterocycles. The molecule has 2 aromatic heterocycles. The number of nitriles is 1. The van der Waals surface area contributed by atoms with Crippen LogP contribution in [0.5, 0.6) is 0 Å². The fourth-order valence-corrected chi connectivity index (χ4v) is 3.69. The van der Waals surface area contributed by atoms with E-state index in [4.69, 9.17) is 5.26 Å². The molecule has 9 heteroatoms. The summed E-state index contributed by atoms with van der Waals surface area (Å²) in [6.07, 6.45) is 3.53. The van der Waals surface area contributed by atoms with Crippen molar-refractivity contribution >= 4 is 33.9 Å². The number of aromatic nitrogens is 3. The van der Waals surface area contributed by atoms with E-state index in [0.717, 1.165) is 37.4 Å². The predicted molar refractivity (Wildman–Crippen MR) is 112 cm³/mol. The van der Waals surface area contributed by atoms with Gasteiger partial charge in [0.05, 0.1) is 17.2 Å². The summed E-state index contributed by atoms with van der Waals surface area (Å²) in [6.45, 7) is 1.87. The molecular weight excluding hydrogens is 386 g/mol. The van der Waals surface area contributed by atoms with Gasteiger partial charge in [-0.05, 0) is 49.2 Å². The van der Waals surface area contributed by atoms with Gasteiger partial charge in [0.2, 0.25) is 5.13 Å². The van der Waals surface area contributed by atoms with Gasteiger partial charge in [-0.1, -0.05) is 11.3 Å². The number of amides is 1. The van der Waals surface area contributed by atoms with Gasteiger partial charge in [0.15, 0.2) is 0 Å². The largest absolute Gasteiger partial charge is 0.371 e. The predicted octanol–water partition coefficient (Wildman–Crippen LogP) is 3.14. The zero-order valence-corrected chi connectivity index (χ0v) is 16.4. The average molecular weight is 405 g/mol. The van der Waals surface area contributed by atoms with E-state index in [-0.39, 0.29) is 5.91 Å². The Bertz CT molecular complexity index is 989. The van der Waals surface area contributed by atoms with Crippen LogP contribution < -0.4 is 15.5 Å². The average Bonchev–Trinajstić information content (AvgIpc) is 3.28. The summed E-state index contributed by atoms with van der Waals surface area (Å²) >= 11 is 1.27. The third-order valence-electron chi connectivity index (χ3n) is 4.81. The third-order valence-corrected chi connectivity index (χ3v) is 5.42. The van der Waals surface area contributed by atoms with Gasteiger partial charge in [0.1, 0.15) is 11.3 Å². The number of nitrogens with one attached hydrogen (secondary N) is 2. The molecular formula is C20H19N7OS. The van der Waals surface area contributed by atoms with Gasteiger partial charge < -0.3 is 10.2 Å². The number of benzene rings is 1. The van der Waals surface area contributed by atoms with Crippen molar-refractivity contribution < 1.29 is 4.79 Å². The summed E-state index contributed by atoms with van der Waals surface area (Å²) in [5.41, 5.74) is 3.86. The standard InChI is InChI=1S/C20H19N7OS/c21-11-14-1-4-17(5-2-14)27-9-7-16(8-10-27)24-18-6-3-15(12-22-18)19(28)25-20-26-23-13-29-20/h1-6,12-13,16H,7-10H2,(H,22,24)(H,25,26,28). The van der Waals surface area contributed by atoms with Crippen LogP contribution in [0.25, 0.3) is 0 Å². The number of carbonyl (C=O) groups is 1. The van der Waals surface area contributed by atoms with Crippen LogP contribution in [-0.4, -0.2) is 40.2 Å². The molecule has 1 aliphatic rings. The number of anilines is 3. The van der Waals surface area contributed by atoms with Crippen LogP contribution in [0.2, 0.25) is 0 Å². The molecule has 0 bridgehead atoms. The number of hydrogen-bond acceptors (Lipinski definition) is 8. The second kappa shape index (κ2) is 8.67. The van der Waals surface area contributed by atoms with E-state index in [2.05, 4.69) is 36.8 Å². The van der Waals surface area contributed by atoms with E-state index in [1.54, 1.807) is 17.8 Å². The van der Waals surface area contributed by atoms with Crippen molar-refractivity contribution in [3.05, 3.63) is 59.2 Å². The quantitative estimate of drug-likeness (QED) is 0.671. The summed E-state index contributed by atoms with van der Waals surface area (Å²) in [7, 11) is 0. The molecule has 0 spiro atoms. The third kappa shape index (κ3) is 4.67. The lowest BCUT2D eigenvalue weighted by Crippen LogP contribution is -2.39. The van der Waals surface area contributed by atoms with E-state index in [9.17, 15) is 4.79 Å². The monoisotopic (exact) mass is 405 g/mol. The van der Waals surface area contributed by atoms with E-state index >= 15 is 0 Å². The number of piperidine rings is 1. The highest BCUT2D eigenvalue weighted by molar-refractivity contribution is 7.13. The Morgan fingerprint density at radius 2 is 1.97 bits per heavy atom. The minimum Gasteiger partial charge on any atom is -0.371 e. The molecule has 0 radical (unpaired) electrons. The Morgan fingerprint density at radius 1 is 1.17 bits per heavy atom. The topological polar surface area (TPSA) is 107 Å². The molecule has 4 rings (SSSR count). The fourth-order valence-electron chi connectivity index (χ4n) is 3.25. The maximum absolute atomic E-state index is 12.2. The molecule has 0 saturated carbocycles. The first-order valence-corrected chi connectivity index (χ1v) is 10.1. The van der Waals surface area contributed by atoms with Crippen molar-refractivity contribution in [1.82, 2.24) is 15.2 Å². The first-order chi connectivity index (χ1) is 14.2. The van der Waals surface area contributed by atoms with Gasteiger partial charge in [0, 0.05) is 31.0 Å². The number of rotatable bonds is 5. The van der Waals surface area contributed by atoms with Crippen LogP contribution in [0.4, 0.5) is 16.6 Å². The Labute approximate surface area is 172 Å². The number of pyridine rings is 1. The molecule has 1 aromatic carbocycles. The fraction of sp³-hybridized carbons (Fsp3) is 0.250. The zero-order valence-electron chi connectivity index (χ0n) is 15.6. The van der Waals surface area contributed by atoms with Crippen LogP contribution in [0.1, 0.15) is 28.8 Å². The van der Waals surface area contributed by atoms with Crippen LogP contribution in [0, 0.1) is 11.3 Å². The van der Waals surface area contributed by atoms with Crippen molar-refractivity contribution in [2.24, 2.45) is 0 Å². The normalized spacial score (nSPS) is 14.2. The number of hydrogen-bond donors (Lipinski definition) is 2. The number of nitrogens with zero attached hydrogens (tertiary/aromatic N) is 5. The minimum atomic E-state index is -0.253. The first kappa shape index (κ1) is 18.8. The molecule has 3 aromatic rings. The Balaban J connectivity index is 1.29. The highest BCUT2D eigenvalue weighted by Gasteiger charge is 2.20. The van der Waals surface area contributed by atoms with Crippen LogP contribution in [-0.2, 0) is 0 Å². The molecule has 3 heterocycles. The van der Waals surface area contributed by atoms with Crippen molar-refractivity contribution in [3.63, 3.8) is 0 Å². The second-order valence-electron chi connectivity index (χ2n) is 6.69.